The highest BCUT2D eigenvalue weighted by Gasteiger charge is 1.84. The maximum Gasteiger partial charge on any atom is -0.0256 e. The van der Waals surface area contributed by atoms with Crippen molar-refractivity contribution in [2.24, 2.45) is 0 Å². The van der Waals surface area contributed by atoms with E-state index in [9.17, 15) is 0 Å². The Morgan fingerprint density at radius 2 is 0.812 bits per heavy atom. The van der Waals surface area contributed by atoms with Gasteiger partial charge < -0.3 is 0 Å². The van der Waals surface area contributed by atoms with Crippen LogP contribution in [-0.4, -0.2) is 0 Å². The first-order chi connectivity index (χ1) is 6.95. The second-order valence-electron chi connectivity index (χ2n) is 3.15. The summed E-state index contributed by atoms with van der Waals surface area (Å²) in [6.45, 7) is 0. The van der Waals surface area contributed by atoms with Crippen molar-refractivity contribution in [3.8, 4) is 0 Å². The number of halogens is 2. The van der Waals surface area contributed by atoms with Gasteiger partial charge in [-0.15, -0.1) is 34.0 Å². The Morgan fingerprint density at radius 3 is 1.12 bits per heavy atom. The van der Waals surface area contributed by atoms with Crippen molar-refractivity contribution in [3.05, 3.63) is 71.8 Å². The quantitative estimate of drug-likeness (QED) is 0.673. The van der Waals surface area contributed by atoms with Gasteiger partial charge in [-0.05, 0) is 11.1 Å². The Balaban J connectivity index is 0.00000112. The summed E-state index contributed by atoms with van der Waals surface area (Å²) in [6.07, 6.45) is 4.24. The SMILES string of the molecule is Br.Br.C(=C/c1ccccc1)/c1ccccc1. The van der Waals surface area contributed by atoms with Crippen LogP contribution in [0.3, 0.4) is 0 Å². The molecule has 0 aliphatic rings. The molecule has 0 heterocycles. The summed E-state index contributed by atoms with van der Waals surface area (Å²) < 4.78 is 0. The highest BCUT2D eigenvalue weighted by molar-refractivity contribution is 8.93. The molecule has 0 N–H and O–H groups in total. The van der Waals surface area contributed by atoms with Gasteiger partial charge in [0.25, 0.3) is 0 Å². The molecule has 0 atom stereocenters. The monoisotopic (exact) mass is 340 g/mol. The smallest absolute Gasteiger partial charge is 0.0256 e. The van der Waals surface area contributed by atoms with Crippen molar-refractivity contribution >= 4 is 46.1 Å². The molecule has 0 amide bonds. The van der Waals surface area contributed by atoms with Crippen LogP contribution in [0.5, 0.6) is 0 Å². The lowest BCUT2D eigenvalue weighted by Gasteiger charge is -1.92. The second kappa shape index (κ2) is 8.31. The minimum Gasteiger partial charge on any atom is -0.114 e. The lowest BCUT2D eigenvalue weighted by atomic mass is 10.1. The first-order valence-corrected chi connectivity index (χ1v) is 4.73. The highest BCUT2D eigenvalue weighted by Crippen LogP contribution is 2.06. The minimum absolute atomic E-state index is 0. The third-order valence-electron chi connectivity index (χ3n) is 2.07. The fourth-order valence-electron chi connectivity index (χ4n) is 1.32. The van der Waals surface area contributed by atoms with Crippen LogP contribution >= 0.6 is 34.0 Å². The summed E-state index contributed by atoms with van der Waals surface area (Å²) in [6, 6.07) is 20.6. The Labute approximate surface area is 118 Å². The Kier molecular flexibility index (Phi) is 7.86. The van der Waals surface area contributed by atoms with Gasteiger partial charge in [-0.3, -0.25) is 0 Å². The van der Waals surface area contributed by atoms with Gasteiger partial charge in [0.2, 0.25) is 0 Å². The topological polar surface area (TPSA) is 0 Å². The zero-order valence-electron chi connectivity index (χ0n) is 8.74. The van der Waals surface area contributed by atoms with Gasteiger partial charge in [0.1, 0.15) is 0 Å². The van der Waals surface area contributed by atoms with Crippen LogP contribution in [-0.2, 0) is 0 Å². The van der Waals surface area contributed by atoms with Crippen molar-refractivity contribution in [2.45, 2.75) is 0 Å². The Hall–Kier alpha value is -0.860. The van der Waals surface area contributed by atoms with Crippen LogP contribution in [0.15, 0.2) is 60.7 Å². The molecule has 2 aromatic carbocycles. The fraction of sp³-hybridized carbons (Fsp3) is 0. The maximum atomic E-state index is 2.12. The summed E-state index contributed by atoms with van der Waals surface area (Å²) in [5, 5.41) is 0. The molecule has 2 rings (SSSR count). The number of benzene rings is 2. The molecule has 0 fully saturated rings. The average Bonchev–Trinajstić information content (AvgIpc) is 2.29. The molecule has 0 saturated heterocycles. The van der Waals surface area contributed by atoms with E-state index in [-0.39, 0.29) is 34.0 Å². The lowest BCUT2D eigenvalue weighted by Crippen LogP contribution is -1.70. The molecule has 0 aliphatic heterocycles. The molecule has 84 valence electrons. The molecule has 16 heavy (non-hydrogen) atoms. The molecule has 0 bridgehead atoms. The molecular weight excluding hydrogens is 328 g/mol. The molecule has 0 aliphatic carbocycles. The van der Waals surface area contributed by atoms with Crippen molar-refractivity contribution in [1.82, 2.24) is 0 Å². The predicted octanol–water partition coefficient (Wildman–Crippen LogP) is 5.01. The van der Waals surface area contributed by atoms with Crippen molar-refractivity contribution in [2.75, 3.05) is 0 Å². The standard InChI is InChI=1S/C14H12.2BrH/c1-3-7-13(8-4-1)11-12-14-9-5-2-6-10-14;;/h1-12H;2*1H/b12-11-;;. The second-order valence-corrected chi connectivity index (χ2v) is 3.15. The van der Waals surface area contributed by atoms with Crippen molar-refractivity contribution in [3.63, 3.8) is 0 Å². The molecular formula is C14H14Br2. The van der Waals surface area contributed by atoms with Gasteiger partial charge in [-0.1, -0.05) is 72.8 Å². The molecule has 0 aromatic heterocycles. The summed E-state index contributed by atoms with van der Waals surface area (Å²) >= 11 is 0. The highest BCUT2D eigenvalue weighted by atomic mass is 79.9. The number of rotatable bonds is 2. The van der Waals surface area contributed by atoms with Crippen molar-refractivity contribution < 1.29 is 0 Å². The van der Waals surface area contributed by atoms with Crippen LogP contribution in [0.25, 0.3) is 12.2 Å². The third kappa shape index (κ3) is 4.77. The largest absolute Gasteiger partial charge is 0.114 e. The van der Waals surface area contributed by atoms with E-state index in [2.05, 4.69) is 36.4 Å². The molecule has 2 aromatic rings. The van der Waals surface area contributed by atoms with Gasteiger partial charge in [0.05, 0.1) is 0 Å². The van der Waals surface area contributed by atoms with E-state index < -0.39 is 0 Å². The molecule has 0 saturated carbocycles. The van der Waals surface area contributed by atoms with Gasteiger partial charge in [0, 0.05) is 0 Å². The summed E-state index contributed by atoms with van der Waals surface area (Å²) in [4.78, 5) is 0. The summed E-state index contributed by atoms with van der Waals surface area (Å²) in [5.41, 5.74) is 2.47. The normalized spacial score (nSPS) is 9.25. The molecule has 0 radical (unpaired) electrons. The Bertz CT molecular complexity index is 366. The van der Waals surface area contributed by atoms with Gasteiger partial charge in [-0.2, -0.15) is 0 Å². The van der Waals surface area contributed by atoms with Crippen LogP contribution in [0, 0.1) is 0 Å². The van der Waals surface area contributed by atoms with Gasteiger partial charge in [0.15, 0.2) is 0 Å². The predicted molar refractivity (Wildman–Crippen MR) is 82.5 cm³/mol. The fourth-order valence-corrected chi connectivity index (χ4v) is 1.32. The molecule has 0 unspecified atom stereocenters. The van der Waals surface area contributed by atoms with Crippen LogP contribution in [0.1, 0.15) is 11.1 Å². The van der Waals surface area contributed by atoms with E-state index in [1.807, 2.05) is 36.4 Å². The van der Waals surface area contributed by atoms with E-state index in [0.717, 1.165) is 0 Å². The van der Waals surface area contributed by atoms with E-state index in [4.69, 9.17) is 0 Å². The van der Waals surface area contributed by atoms with E-state index >= 15 is 0 Å². The van der Waals surface area contributed by atoms with E-state index in [1.54, 1.807) is 0 Å². The number of hydrogen-bond acceptors (Lipinski definition) is 0. The zero-order valence-corrected chi connectivity index (χ0v) is 12.2. The van der Waals surface area contributed by atoms with Crippen LogP contribution < -0.4 is 0 Å². The van der Waals surface area contributed by atoms with Crippen LogP contribution in [0.4, 0.5) is 0 Å². The van der Waals surface area contributed by atoms with E-state index in [1.165, 1.54) is 11.1 Å². The zero-order chi connectivity index (χ0) is 9.64. The van der Waals surface area contributed by atoms with Gasteiger partial charge in [-0.25, -0.2) is 0 Å². The first-order valence-electron chi connectivity index (χ1n) is 4.73. The third-order valence-corrected chi connectivity index (χ3v) is 2.07. The van der Waals surface area contributed by atoms with Crippen LogP contribution in [0.2, 0.25) is 0 Å². The number of hydrogen-bond donors (Lipinski definition) is 0. The van der Waals surface area contributed by atoms with E-state index in [0.29, 0.717) is 0 Å². The average molecular weight is 342 g/mol. The Morgan fingerprint density at radius 1 is 0.500 bits per heavy atom. The van der Waals surface area contributed by atoms with Gasteiger partial charge >= 0.3 is 0 Å². The lowest BCUT2D eigenvalue weighted by molar-refractivity contribution is 1.65. The molecule has 0 spiro atoms. The molecule has 0 nitrogen and oxygen atoms in total. The first kappa shape index (κ1) is 15.1. The maximum absolute atomic E-state index is 2.12. The summed E-state index contributed by atoms with van der Waals surface area (Å²) in [5.74, 6) is 0. The molecule has 2 heteroatoms. The van der Waals surface area contributed by atoms with Crippen molar-refractivity contribution in [1.29, 1.82) is 0 Å². The summed E-state index contributed by atoms with van der Waals surface area (Å²) in [7, 11) is 0. The minimum atomic E-state index is 0.